The molecule has 0 radical (unpaired) electrons. The Morgan fingerprint density at radius 2 is 2.22 bits per heavy atom. The molecular formula is C17H14FN3OS. The van der Waals surface area contributed by atoms with E-state index in [1.54, 1.807) is 6.20 Å². The molecule has 3 aromatic rings. The second-order valence-electron chi connectivity index (χ2n) is 5.72. The highest BCUT2D eigenvalue weighted by Gasteiger charge is 2.43. The van der Waals surface area contributed by atoms with E-state index in [2.05, 4.69) is 15.3 Å². The van der Waals surface area contributed by atoms with Crippen LogP contribution in [0.4, 0.5) is 9.52 Å². The van der Waals surface area contributed by atoms with Crippen molar-refractivity contribution in [3.8, 4) is 11.3 Å². The van der Waals surface area contributed by atoms with E-state index in [9.17, 15) is 9.18 Å². The highest BCUT2D eigenvalue weighted by Crippen LogP contribution is 2.36. The SMILES string of the molecule is Cc1cccnc1-c1ccc2nc(NC(=O)C3CC3F)sc2c1. The molecule has 4 nitrogen and oxygen atoms in total. The molecule has 0 spiro atoms. The van der Waals surface area contributed by atoms with Crippen molar-refractivity contribution < 1.29 is 9.18 Å². The number of aromatic nitrogens is 2. The second-order valence-corrected chi connectivity index (χ2v) is 6.75. The van der Waals surface area contributed by atoms with Gasteiger partial charge in [0.25, 0.3) is 0 Å². The lowest BCUT2D eigenvalue weighted by Gasteiger charge is -2.03. The molecule has 2 atom stereocenters. The van der Waals surface area contributed by atoms with Gasteiger partial charge in [-0.05, 0) is 37.1 Å². The van der Waals surface area contributed by atoms with E-state index in [1.807, 2.05) is 37.3 Å². The van der Waals surface area contributed by atoms with Crippen molar-refractivity contribution in [3.05, 3.63) is 42.1 Å². The number of nitrogens with zero attached hydrogens (tertiary/aromatic N) is 2. The molecule has 1 fully saturated rings. The highest BCUT2D eigenvalue weighted by atomic mass is 32.1. The van der Waals surface area contributed by atoms with Crippen molar-refractivity contribution in [3.63, 3.8) is 0 Å². The monoisotopic (exact) mass is 327 g/mol. The van der Waals surface area contributed by atoms with Crippen LogP contribution < -0.4 is 5.32 Å². The Kier molecular flexibility index (Phi) is 3.34. The molecule has 23 heavy (non-hydrogen) atoms. The third kappa shape index (κ3) is 2.70. The van der Waals surface area contributed by atoms with E-state index < -0.39 is 12.1 Å². The van der Waals surface area contributed by atoms with Gasteiger partial charge in [-0.1, -0.05) is 23.5 Å². The number of carbonyl (C=O) groups excluding carboxylic acids is 1. The molecule has 2 heterocycles. The van der Waals surface area contributed by atoms with Gasteiger partial charge in [-0.2, -0.15) is 0 Å². The minimum atomic E-state index is -0.997. The van der Waals surface area contributed by atoms with Crippen LogP contribution in [0.15, 0.2) is 36.5 Å². The maximum atomic E-state index is 12.9. The first-order valence-corrected chi connectivity index (χ1v) is 8.21. The van der Waals surface area contributed by atoms with E-state index in [-0.39, 0.29) is 5.91 Å². The first-order valence-electron chi connectivity index (χ1n) is 7.39. The average molecular weight is 327 g/mol. The number of anilines is 1. The molecule has 1 N–H and O–H groups in total. The first kappa shape index (κ1) is 14.3. The zero-order valence-electron chi connectivity index (χ0n) is 12.4. The van der Waals surface area contributed by atoms with Crippen LogP contribution >= 0.6 is 11.3 Å². The quantitative estimate of drug-likeness (QED) is 0.792. The summed E-state index contributed by atoms with van der Waals surface area (Å²) in [6.07, 6.45) is 1.09. The van der Waals surface area contributed by atoms with Gasteiger partial charge >= 0.3 is 0 Å². The minimum Gasteiger partial charge on any atom is -0.302 e. The molecule has 0 aliphatic heterocycles. The predicted octanol–water partition coefficient (Wildman–Crippen LogP) is 3.96. The summed E-state index contributed by atoms with van der Waals surface area (Å²) >= 11 is 1.39. The molecule has 0 saturated heterocycles. The Morgan fingerprint density at radius 3 is 2.96 bits per heavy atom. The maximum absolute atomic E-state index is 12.9. The molecule has 1 aromatic carbocycles. The lowest BCUT2D eigenvalue weighted by atomic mass is 10.1. The number of alkyl halides is 1. The number of amides is 1. The average Bonchev–Trinajstić information content (AvgIpc) is 3.13. The van der Waals surface area contributed by atoms with Crippen molar-refractivity contribution in [2.75, 3.05) is 5.32 Å². The summed E-state index contributed by atoms with van der Waals surface area (Å²) in [5.74, 6) is -0.786. The van der Waals surface area contributed by atoms with Gasteiger partial charge in [0.2, 0.25) is 5.91 Å². The first-order chi connectivity index (χ1) is 11.1. The second kappa shape index (κ2) is 5.38. The number of aryl methyl sites for hydroxylation is 1. The van der Waals surface area contributed by atoms with Gasteiger partial charge in [-0.3, -0.25) is 9.78 Å². The van der Waals surface area contributed by atoms with E-state index >= 15 is 0 Å². The van der Waals surface area contributed by atoms with Gasteiger partial charge in [-0.15, -0.1) is 0 Å². The molecule has 116 valence electrons. The van der Waals surface area contributed by atoms with Gasteiger partial charge in [0.05, 0.1) is 21.8 Å². The zero-order chi connectivity index (χ0) is 16.0. The normalized spacial score (nSPS) is 19.7. The van der Waals surface area contributed by atoms with Crippen LogP contribution in [-0.2, 0) is 4.79 Å². The van der Waals surface area contributed by atoms with Gasteiger partial charge in [0.1, 0.15) is 6.17 Å². The number of nitrogens with one attached hydrogen (secondary N) is 1. The number of thiazole rings is 1. The molecule has 1 saturated carbocycles. The Hall–Kier alpha value is -2.34. The number of halogens is 1. The van der Waals surface area contributed by atoms with Crippen LogP contribution in [0.1, 0.15) is 12.0 Å². The molecule has 1 aliphatic carbocycles. The van der Waals surface area contributed by atoms with Gasteiger partial charge < -0.3 is 5.32 Å². The Labute approximate surface area is 136 Å². The van der Waals surface area contributed by atoms with Crippen LogP contribution in [0.2, 0.25) is 0 Å². The van der Waals surface area contributed by atoms with E-state index in [0.29, 0.717) is 11.6 Å². The Bertz CT molecular complexity index is 908. The van der Waals surface area contributed by atoms with E-state index in [0.717, 1.165) is 27.0 Å². The lowest BCUT2D eigenvalue weighted by molar-refractivity contribution is -0.117. The summed E-state index contributed by atoms with van der Waals surface area (Å²) < 4.78 is 13.9. The summed E-state index contributed by atoms with van der Waals surface area (Å²) in [4.78, 5) is 20.6. The minimum absolute atomic E-state index is 0.280. The third-order valence-electron chi connectivity index (χ3n) is 3.95. The smallest absolute Gasteiger partial charge is 0.232 e. The van der Waals surface area contributed by atoms with Crippen molar-refractivity contribution in [1.82, 2.24) is 9.97 Å². The van der Waals surface area contributed by atoms with Crippen LogP contribution in [0, 0.1) is 12.8 Å². The molecule has 4 rings (SSSR count). The number of pyridine rings is 1. The maximum Gasteiger partial charge on any atom is 0.232 e. The van der Waals surface area contributed by atoms with Gasteiger partial charge in [0.15, 0.2) is 5.13 Å². The predicted molar refractivity (Wildman–Crippen MR) is 89.2 cm³/mol. The number of carbonyl (C=O) groups is 1. The Morgan fingerprint density at radius 1 is 1.39 bits per heavy atom. The number of fused-ring (bicyclic) bond motifs is 1. The summed E-state index contributed by atoms with van der Waals surface area (Å²) in [6.45, 7) is 2.02. The third-order valence-corrected chi connectivity index (χ3v) is 4.88. The fraction of sp³-hybridized carbons (Fsp3) is 0.235. The fourth-order valence-corrected chi connectivity index (χ4v) is 3.45. The summed E-state index contributed by atoms with van der Waals surface area (Å²) in [6, 6.07) is 9.84. The molecule has 1 aliphatic rings. The molecule has 1 amide bonds. The van der Waals surface area contributed by atoms with E-state index in [1.165, 1.54) is 11.3 Å². The summed E-state index contributed by atoms with van der Waals surface area (Å²) in [7, 11) is 0. The van der Waals surface area contributed by atoms with Crippen LogP contribution in [0.5, 0.6) is 0 Å². The summed E-state index contributed by atoms with van der Waals surface area (Å²) in [5, 5.41) is 3.22. The van der Waals surface area contributed by atoms with Gasteiger partial charge in [-0.25, -0.2) is 9.37 Å². The fourth-order valence-electron chi connectivity index (χ4n) is 2.55. The topological polar surface area (TPSA) is 54.9 Å². The number of hydrogen-bond donors (Lipinski definition) is 1. The van der Waals surface area contributed by atoms with Crippen molar-refractivity contribution >= 4 is 32.6 Å². The van der Waals surface area contributed by atoms with Crippen molar-refractivity contribution in [1.29, 1.82) is 0 Å². The zero-order valence-corrected chi connectivity index (χ0v) is 13.2. The number of hydrogen-bond acceptors (Lipinski definition) is 4. The van der Waals surface area contributed by atoms with Crippen LogP contribution in [0.25, 0.3) is 21.5 Å². The summed E-state index contributed by atoms with van der Waals surface area (Å²) in [5.41, 5.74) is 3.87. The molecule has 2 unspecified atom stereocenters. The van der Waals surface area contributed by atoms with Crippen molar-refractivity contribution in [2.45, 2.75) is 19.5 Å². The van der Waals surface area contributed by atoms with Gasteiger partial charge in [0, 0.05) is 11.8 Å². The molecular weight excluding hydrogens is 313 g/mol. The highest BCUT2D eigenvalue weighted by molar-refractivity contribution is 7.22. The van der Waals surface area contributed by atoms with E-state index in [4.69, 9.17) is 0 Å². The Balaban J connectivity index is 1.64. The van der Waals surface area contributed by atoms with Crippen molar-refractivity contribution in [2.24, 2.45) is 5.92 Å². The molecule has 0 bridgehead atoms. The molecule has 2 aromatic heterocycles. The van der Waals surface area contributed by atoms with Crippen LogP contribution in [0.3, 0.4) is 0 Å². The number of rotatable bonds is 3. The van der Waals surface area contributed by atoms with Crippen LogP contribution in [-0.4, -0.2) is 22.0 Å². The molecule has 6 heteroatoms. The largest absolute Gasteiger partial charge is 0.302 e. The standard InChI is InChI=1S/C17H14FN3OS/c1-9-3-2-6-19-15(9)10-4-5-13-14(7-10)23-17(20-13)21-16(22)11-8-12(11)18/h2-7,11-12H,8H2,1H3,(H,20,21,22). The lowest BCUT2D eigenvalue weighted by Crippen LogP contribution is -2.14. The number of benzene rings is 1.